The number of amides is 1. The molecule has 1 amide bonds. The Bertz CT molecular complexity index is 1110. The first-order valence-electron chi connectivity index (χ1n) is 9.08. The molecule has 10 nitrogen and oxygen atoms in total. The van der Waals surface area contributed by atoms with Gasteiger partial charge >= 0.3 is 0 Å². The molecule has 0 aliphatic rings. The predicted octanol–water partition coefficient (Wildman–Crippen LogP) is 1.71. The van der Waals surface area contributed by atoms with Crippen LogP contribution < -0.4 is 25.1 Å². The second-order valence-electron chi connectivity index (χ2n) is 6.49. The van der Waals surface area contributed by atoms with Crippen molar-refractivity contribution in [2.24, 2.45) is 0 Å². The first-order valence-corrected chi connectivity index (χ1v) is 9.08. The molecular weight excluding hydrogens is 390 g/mol. The van der Waals surface area contributed by atoms with Gasteiger partial charge in [-0.25, -0.2) is 9.36 Å². The van der Waals surface area contributed by atoms with Crippen LogP contribution in [0.4, 0.5) is 5.69 Å². The summed E-state index contributed by atoms with van der Waals surface area (Å²) in [7, 11) is 4.46. The average molecular weight is 413 g/mol. The van der Waals surface area contributed by atoms with Gasteiger partial charge in [0.05, 0.1) is 27.0 Å². The monoisotopic (exact) mass is 413 g/mol. The lowest BCUT2D eigenvalue weighted by molar-refractivity contribution is -0.117. The van der Waals surface area contributed by atoms with Crippen molar-refractivity contribution < 1.29 is 19.0 Å². The normalized spacial score (nSPS) is 10.6. The van der Waals surface area contributed by atoms with E-state index < -0.39 is 11.5 Å². The molecular formula is C20H23N5O5. The molecule has 3 aromatic rings. The van der Waals surface area contributed by atoms with Crippen LogP contribution in [0.1, 0.15) is 11.4 Å². The number of rotatable bonds is 7. The highest BCUT2D eigenvalue weighted by Gasteiger charge is 2.15. The van der Waals surface area contributed by atoms with Crippen molar-refractivity contribution in [3.05, 3.63) is 52.1 Å². The smallest absolute Gasteiger partial charge is 0.267 e. The molecule has 158 valence electrons. The van der Waals surface area contributed by atoms with Crippen molar-refractivity contribution in [3.63, 3.8) is 0 Å². The molecule has 0 saturated heterocycles. The second-order valence-corrected chi connectivity index (χ2v) is 6.49. The summed E-state index contributed by atoms with van der Waals surface area (Å²) in [5, 5.41) is 11.3. The zero-order valence-electron chi connectivity index (χ0n) is 17.4. The Labute approximate surface area is 173 Å². The van der Waals surface area contributed by atoms with Crippen LogP contribution >= 0.6 is 0 Å². The van der Waals surface area contributed by atoms with Crippen LogP contribution in [0.15, 0.2) is 35.1 Å². The number of nitrogens with one attached hydrogen (secondary N) is 1. The fourth-order valence-corrected chi connectivity index (χ4v) is 3.02. The molecule has 0 aliphatic heterocycles. The minimum Gasteiger partial charge on any atom is -0.493 e. The SMILES string of the molecule is COc1cc(NC(=O)Cn2nc(-n3nc(C)cc3C)ccc2=O)cc(OC)c1OC. The fraction of sp³-hybridized carbons (Fsp3) is 0.300. The van der Waals surface area contributed by atoms with Crippen LogP contribution in [0.5, 0.6) is 17.2 Å². The number of aromatic nitrogens is 4. The van der Waals surface area contributed by atoms with Crippen LogP contribution in [0.3, 0.4) is 0 Å². The van der Waals surface area contributed by atoms with Crippen molar-refractivity contribution in [2.45, 2.75) is 20.4 Å². The highest BCUT2D eigenvalue weighted by molar-refractivity contribution is 5.91. The standard InChI is InChI=1S/C20H23N5O5/c1-12-8-13(2)25(22-12)17-6-7-19(27)24(23-17)11-18(26)21-14-9-15(28-3)20(30-5)16(10-14)29-4/h6-10H,11H2,1-5H3,(H,21,26). The molecule has 0 fully saturated rings. The molecule has 10 heteroatoms. The summed E-state index contributed by atoms with van der Waals surface area (Å²) in [5.74, 6) is 1.21. The Kier molecular flexibility index (Phi) is 6.05. The van der Waals surface area contributed by atoms with E-state index >= 15 is 0 Å². The second kappa shape index (κ2) is 8.68. The maximum absolute atomic E-state index is 12.6. The van der Waals surface area contributed by atoms with Crippen LogP contribution in [0.2, 0.25) is 0 Å². The van der Waals surface area contributed by atoms with Gasteiger partial charge in [-0.3, -0.25) is 9.59 Å². The lowest BCUT2D eigenvalue weighted by atomic mass is 10.2. The summed E-state index contributed by atoms with van der Waals surface area (Å²) in [4.78, 5) is 24.8. The summed E-state index contributed by atoms with van der Waals surface area (Å²) in [6.45, 7) is 3.47. The number of nitrogens with zero attached hydrogens (tertiary/aromatic N) is 4. The molecule has 1 aromatic carbocycles. The van der Waals surface area contributed by atoms with Crippen molar-refractivity contribution >= 4 is 11.6 Å². The highest BCUT2D eigenvalue weighted by Crippen LogP contribution is 2.39. The summed E-state index contributed by atoms with van der Waals surface area (Å²) in [6.07, 6.45) is 0. The highest BCUT2D eigenvalue weighted by atomic mass is 16.5. The first kappa shape index (κ1) is 20.9. The maximum atomic E-state index is 12.6. The third-order valence-corrected chi connectivity index (χ3v) is 4.32. The van der Waals surface area contributed by atoms with E-state index in [1.54, 1.807) is 22.9 Å². The molecule has 1 N–H and O–H groups in total. The number of anilines is 1. The van der Waals surface area contributed by atoms with Gasteiger partial charge in [0.2, 0.25) is 11.7 Å². The summed E-state index contributed by atoms with van der Waals surface area (Å²) >= 11 is 0. The van der Waals surface area contributed by atoms with E-state index in [-0.39, 0.29) is 6.54 Å². The first-order chi connectivity index (χ1) is 14.4. The number of aryl methyl sites for hydroxylation is 2. The van der Waals surface area contributed by atoms with Gasteiger partial charge in [-0.2, -0.15) is 5.10 Å². The summed E-state index contributed by atoms with van der Waals surface area (Å²) in [5.41, 5.74) is 1.72. The molecule has 0 unspecified atom stereocenters. The van der Waals surface area contributed by atoms with Crippen LogP contribution in [0.25, 0.3) is 5.82 Å². The lowest BCUT2D eigenvalue weighted by Crippen LogP contribution is -2.30. The molecule has 3 rings (SSSR count). The maximum Gasteiger partial charge on any atom is 0.267 e. The zero-order chi connectivity index (χ0) is 21.8. The third-order valence-electron chi connectivity index (χ3n) is 4.32. The number of methoxy groups -OCH3 is 3. The van der Waals surface area contributed by atoms with E-state index in [0.29, 0.717) is 28.8 Å². The molecule has 2 heterocycles. The lowest BCUT2D eigenvalue weighted by Gasteiger charge is -2.15. The van der Waals surface area contributed by atoms with E-state index in [9.17, 15) is 9.59 Å². The van der Waals surface area contributed by atoms with Gasteiger partial charge < -0.3 is 19.5 Å². The Morgan fingerprint density at radius 1 is 1.00 bits per heavy atom. The molecule has 0 atom stereocenters. The molecule has 2 aromatic heterocycles. The largest absolute Gasteiger partial charge is 0.493 e. The molecule has 0 saturated carbocycles. The van der Waals surface area contributed by atoms with E-state index in [1.807, 2.05) is 19.9 Å². The van der Waals surface area contributed by atoms with Gasteiger partial charge in [-0.1, -0.05) is 0 Å². The number of carbonyl (C=O) groups is 1. The number of benzene rings is 1. The Balaban J connectivity index is 1.84. The van der Waals surface area contributed by atoms with E-state index in [4.69, 9.17) is 14.2 Å². The Morgan fingerprint density at radius 2 is 1.67 bits per heavy atom. The fourth-order valence-electron chi connectivity index (χ4n) is 3.02. The quantitative estimate of drug-likeness (QED) is 0.628. The molecule has 0 radical (unpaired) electrons. The van der Waals surface area contributed by atoms with Gasteiger partial charge in [0.25, 0.3) is 5.56 Å². The van der Waals surface area contributed by atoms with Gasteiger partial charge in [-0.05, 0) is 26.0 Å². The van der Waals surface area contributed by atoms with E-state index in [2.05, 4.69) is 15.5 Å². The summed E-state index contributed by atoms with van der Waals surface area (Å²) in [6, 6.07) is 8.01. The number of hydrogen-bond donors (Lipinski definition) is 1. The van der Waals surface area contributed by atoms with Crippen LogP contribution in [-0.4, -0.2) is 46.8 Å². The van der Waals surface area contributed by atoms with Crippen molar-refractivity contribution in [1.82, 2.24) is 19.6 Å². The Morgan fingerprint density at radius 3 is 2.20 bits per heavy atom. The van der Waals surface area contributed by atoms with Crippen LogP contribution in [0, 0.1) is 13.8 Å². The molecule has 30 heavy (non-hydrogen) atoms. The Hall–Kier alpha value is -3.82. The van der Waals surface area contributed by atoms with E-state index in [1.165, 1.54) is 27.4 Å². The van der Waals surface area contributed by atoms with Gasteiger partial charge in [-0.15, -0.1) is 5.10 Å². The predicted molar refractivity (Wildman–Crippen MR) is 110 cm³/mol. The molecule has 0 spiro atoms. The van der Waals surface area contributed by atoms with E-state index in [0.717, 1.165) is 16.1 Å². The minimum atomic E-state index is -0.440. The van der Waals surface area contributed by atoms with Gasteiger partial charge in [0.15, 0.2) is 17.3 Å². The minimum absolute atomic E-state index is 0.275. The number of ether oxygens (including phenoxy) is 3. The van der Waals surface area contributed by atoms with Crippen molar-refractivity contribution in [3.8, 4) is 23.1 Å². The van der Waals surface area contributed by atoms with Crippen LogP contribution in [-0.2, 0) is 11.3 Å². The molecule has 0 bridgehead atoms. The third kappa shape index (κ3) is 4.27. The van der Waals surface area contributed by atoms with Crippen molar-refractivity contribution in [2.75, 3.05) is 26.6 Å². The van der Waals surface area contributed by atoms with Crippen molar-refractivity contribution in [1.29, 1.82) is 0 Å². The average Bonchev–Trinajstić information content (AvgIpc) is 3.06. The zero-order valence-corrected chi connectivity index (χ0v) is 17.4. The molecule has 0 aliphatic carbocycles. The number of hydrogen-bond acceptors (Lipinski definition) is 7. The topological polar surface area (TPSA) is 110 Å². The van der Waals surface area contributed by atoms with Gasteiger partial charge in [0.1, 0.15) is 6.54 Å². The van der Waals surface area contributed by atoms with Gasteiger partial charge in [0, 0.05) is 29.6 Å². The summed E-state index contributed by atoms with van der Waals surface area (Å²) < 4.78 is 18.5. The number of carbonyl (C=O) groups excluding carboxylic acids is 1.